The molecule has 0 aliphatic carbocycles. The minimum atomic E-state index is -1.42. The molecule has 2 aromatic rings. The van der Waals surface area contributed by atoms with E-state index in [0.29, 0.717) is 27.6 Å². The normalized spacial score (nSPS) is 29.4. The standard InChI is InChI=1S/C23H25ClFN3O3/c1-13-5-8-20(31-4)17(9-13)23(16-10-14(24)6-7-18(16)27-22(23)30)28(3)12-15(25)11-19(28)21(29)26-2/h5-10,15,19H,11-12H2,1-4H3,(H-,26,27,29,30)/p+1/t15-,19-,23?,28?/m0/s1. The van der Waals surface area contributed by atoms with Gasteiger partial charge in [-0.3, -0.25) is 14.1 Å². The second-order valence-corrected chi connectivity index (χ2v) is 8.91. The van der Waals surface area contributed by atoms with Gasteiger partial charge in [-0.1, -0.05) is 23.2 Å². The number of quaternary nitrogens is 1. The smallest absolute Gasteiger partial charge is 0.295 e. The average Bonchev–Trinajstić information content (AvgIpc) is 3.20. The summed E-state index contributed by atoms with van der Waals surface area (Å²) in [6.45, 7) is 1.91. The molecule has 1 saturated heterocycles. The zero-order chi connectivity index (χ0) is 22.6. The number of hydrogen-bond acceptors (Lipinski definition) is 3. The van der Waals surface area contributed by atoms with Crippen molar-refractivity contribution in [1.29, 1.82) is 0 Å². The molecule has 2 aliphatic rings. The van der Waals surface area contributed by atoms with Gasteiger partial charge in [-0.25, -0.2) is 4.39 Å². The molecule has 0 aromatic heterocycles. The fourth-order valence-corrected chi connectivity index (χ4v) is 5.58. The zero-order valence-electron chi connectivity index (χ0n) is 18.0. The summed E-state index contributed by atoms with van der Waals surface area (Å²) >= 11 is 6.37. The summed E-state index contributed by atoms with van der Waals surface area (Å²) in [4.78, 5) is 26.9. The van der Waals surface area contributed by atoms with Crippen molar-refractivity contribution in [2.75, 3.05) is 33.1 Å². The Labute approximate surface area is 185 Å². The van der Waals surface area contributed by atoms with E-state index < -0.39 is 17.8 Å². The molecule has 2 amide bonds. The van der Waals surface area contributed by atoms with Crippen molar-refractivity contribution in [3.05, 3.63) is 58.1 Å². The van der Waals surface area contributed by atoms with E-state index in [9.17, 15) is 14.0 Å². The predicted octanol–water partition coefficient (Wildman–Crippen LogP) is 3.16. The number of carbonyl (C=O) groups excluding carboxylic acids is 2. The van der Waals surface area contributed by atoms with E-state index in [2.05, 4.69) is 10.6 Å². The van der Waals surface area contributed by atoms with Crippen LogP contribution >= 0.6 is 11.6 Å². The number of aryl methyl sites for hydroxylation is 1. The second kappa shape index (κ2) is 7.50. The Morgan fingerprint density at radius 3 is 2.71 bits per heavy atom. The lowest BCUT2D eigenvalue weighted by molar-refractivity contribution is -0.953. The summed E-state index contributed by atoms with van der Waals surface area (Å²) in [5, 5.41) is 6.06. The third kappa shape index (κ3) is 2.94. The number of nitrogens with zero attached hydrogens (tertiary/aromatic N) is 1. The van der Waals surface area contributed by atoms with Gasteiger partial charge in [0.25, 0.3) is 11.8 Å². The number of fused-ring (bicyclic) bond motifs is 1. The Morgan fingerprint density at radius 2 is 2.03 bits per heavy atom. The fraction of sp³-hybridized carbons (Fsp3) is 0.391. The van der Waals surface area contributed by atoms with Crippen LogP contribution in [0.25, 0.3) is 0 Å². The van der Waals surface area contributed by atoms with Gasteiger partial charge in [0, 0.05) is 18.5 Å². The van der Waals surface area contributed by atoms with Gasteiger partial charge in [0.05, 0.1) is 31.0 Å². The van der Waals surface area contributed by atoms with Crippen LogP contribution in [0, 0.1) is 6.92 Å². The summed E-state index contributed by atoms with van der Waals surface area (Å²) in [6, 6.07) is 9.95. The van der Waals surface area contributed by atoms with Crippen molar-refractivity contribution in [1.82, 2.24) is 5.32 Å². The van der Waals surface area contributed by atoms with Crippen molar-refractivity contribution in [3.8, 4) is 5.75 Å². The molecule has 4 atom stereocenters. The van der Waals surface area contributed by atoms with Gasteiger partial charge in [-0.05, 0) is 37.3 Å². The minimum Gasteiger partial charge on any atom is -0.496 e. The molecule has 0 spiro atoms. The summed E-state index contributed by atoms with van der Waals surface area (Å²) < 4.78 is 20.5. The van der Waals surface area contributed by atoms with Crippen LogP contribution in [0.3, 0.4) is 0 Å². The first kappa shape index (κ1) is 21.6. The van der Waals surface area contributed by atoms with E-state index >= 15 is 0 Å². The van der Waals surface area contributed by atoms with Gasteiger partial charge in [0.1, 0.15) is 12.3 Å². The van der Waals surface area contributed by atoms with E-state index in [1.165, 1.54) is 14.2 Å². The third-order valence-electron chi connectivity index (χ3n) is 6.75. The first-order chi connectivity index (χ1) is 14.7. The van der Waals surface area contributed by atoms with Crippen molar-refractivity contribution in [3.63, 3.8) is 0 Å². The lowest BCUT2D eigenvalue weighted by atomic mass is 9.78. The van der Waals surface area contributed by atoms with Crippen LogP contribution in [0.1, 0.15) is 23.1 Å². The molecule has 2 N–H and O–H groups in total. The van der Waals surface area contributed by atoms with Crippen LogP contribution in [0.4, 0.5) is 10.1 Å². The highest BCUT2D eigenvalue weighted by Crippen LogP contribution is 2.55. The Hall–Kier alpha value is -2.64. The summed E-state index contributed by atoms with van der Waals surface area (Å²) in [5.41, 5.74) is 1.28. The monoisotopic (exact) mass is 446 g/mol. The first-order valence-electron chi connectivity index (χ1n) is 10.2. The highest BCUT2D eigenvalue weighted by Gasteiger charge is 2.69. The number of nitrogens with one attached hydrogen (secondary N) is 2. The van der Waals surface area contributed by atoms with Gasteiger partial charge >= 0.3 is 0 Å². The molecule has 2 aliphatic heterocycles. The Bertz CT molecular complexity index is 1080. The lowest BCUT2D eigenvalue weighted by Crippen LogP contribution is -2.68. The number of anilines is 1. The quantitative estimate of drug-likeness (QED) is 0.709. The Kier molecular flexibility index (Phi) is 5.22. The van der Waals surface area contributed by atoms with Gasteiger partial charge in [0.2, 0.25) is 5.54 Å². The highest BCUT2D eigenvalue weighted by atomic mass is 35.5. The number of likely N-dealkylation sites (tertiary alicyclic amines) is 1. The predicted molar refractivity (Wildman–Crippen MR) is 117 cm³/mol. The third-order valence-corrected chi connectivity index (χ3v) is 6.99. The highest BCUT2D eigenvalue weighted by molar-refractivity contribution is 6.31. The van der Waals surface area contributed by atoms with E-state index in [0.717, 1.165) is 5.56 Å². The Morgan fingerprint density at radius 1 is 1.29 bits per heavy atom. The van der Waals surface area contributed by atoms with Crippen LogP contribution in [0.15, 0.2) is 36.4 Å². The summed E-state index contributed by atoms with van der Waals surface area (Å²) in [5.74, 6) is -0.151. The molecule has 164 valence electrons. The number of benzene rings is 2. The number of hydrogen-bond donors (Lipinski definition) is 2. The van der Waals surface area contributed by atoms with Gasteiger partial charge < -0.3 is 15.4 Å². The maximum Gasteiger partial charge on any atom is 0.295 e. The molecular formula is C23H26ClFN3O3+. The van der Waals surface area contributed by atoms with E-state index in [1.807, 2.05) is 19.1 Å². The summed E-state index contributed by atoms with van der Waals surface area (Å²) in [6.07, 6.45) is -1.22. The molecule has 0 radical (unpaired) electrons. The number of ether oxygens (including phenoxy) is 1. The molecule has 1 fully saturated rings. The lowest BCUT2D eigenvalue weighted by Gasteiger charge is -2.48. The molecular weight excluding hydrogens is 421 g/mol. The van der Waals surface area contributed by atoms with Gasteiger partial charge in [-0.2, -0.15) is 0 Å². The van der Waals surface area contributed by atoms with Crippen molar-refractivity contribution in [2.45, 2.75) is 31.1 Å². The van der Waals surface area contributed by atoms with Crippen molar-refractivity contribution < 1.29 is 23.2 Å². The first-order valence-corrected chi connectivity index (χ1v) is 10.5. The molecule has 2 aromatic carbocycles. The summed E-state index contributed by atoms with van der Waals surface area (Å²) in [7, 11) is 4.83. The SMILES string of the molecule is CNC(=O)[C@@H]1C[C@H](F)C[N+]1(C)C1(c2cc(C)ccc2OC)C(=O)Nc2ccc(Cl)cc21. The maximum atomic E-state index is 15.0. The van der Waals surface area contributed by atoms with E-state index in [4.69, 9.17) is 16.3 Å². The second-order valence-electron chi connectivity index (χ2n) is 8.47. The molecule has 31 heavy (non-hydrogen) atoms. The fourth-order valence-electron chi connectivity index (χ4n) is 5.41. The number of likely N-dealkylation sites (N-methyl/N-ethyl adjacent to an activating group) is 2. The molecule has 2 unspecified atom stereocenters. The largest absolute Gasteiger partial charge is 0.496 e. The molecule has 8 heteroatoms. The van der Waals surface area contributed by atoms with Crippen LogP contribution in [0.2, 0.25) is 5.02 Å². The number of carbonyl (C=O) groups is 2. The maximum absolute atomic E-state index is 15.0. The number of rotatable bonds is 4. The molecule has 2 heterocycles. The Balaban J connectivity index is 2.13. The zero-order valence-corrected chi connectivity index (χ0v) is 18.7. The minimum absolute atomic E-state index is 0.00540. The number of halogens is 2. The van der Waals surface area contributed by atoms with Crippen LogP contribution < -0.4 is 15.4 Å². The van der Waals surface area contributed by atoms with Gasteiger partial charge in [-0.15, -0.1) is 0 Å². The van der Waals surface area contributed by atoms with E-state index in [-0.39, 0.29) is 29.3 Å². The average molecular weight is 447 g/mol. The van der Waals surface area contributed by atoms with Crippen LogP contribution in [-0.4, -0.2) is 56.3 Å². The van der Waals surface area contributed by atoms with Crippen LogP contribution in [-0.2, 0) is 15.1 Å². The van der Waals surface area contributed by atoms with Crippen molar-refractivity contribution in [2.24, 2.45) is 0 Å². The van der Waals surface area contributed by atoms with Crippen molar-refractivity contribution >= 4 is 29.1 Å². The molecule has 6 nitrogen and oxygen atoms in total. The number of amides is 2. The molecule has 0 bridgehead atoms. The van der Waals surface area contributed by atoms with Crippen LogP contribution in [0.5, 0.6) is 5.75 Å². The van der Waals surface area contributed by atoms with Gasteiger partial charge in [0.15, 0.2) is 12.2 Å². The molecule has 4 rings (SSSR count). The van der Waals surface area contributed by atoms with E-state index in [1.54, 1.807) is 31.3 Å². The number of methoxy groups -OCH3 is 1. The number of alkyl halides is 1. The molecule has 0 saturated carbocycles. The topological polar surface area (TPSA) is 67.4 Å².